The average molecular weight is 192 g/mol. The molecule has 0 radical (unpaired) electrons. The normalized spacial score (nSPS) is 22.8. The van der Waals surface area contributed by atoms with Crippen LogP contribution in [0.4, 0.5) is 0 Å². The minimum Gasteiger partial charge on any atom is -0.329 e. The van der Waals surface area contributed by atoms with Crippen molar-refractivity contribution in [2.45, 2.75) is 25.8 Å². The van der Waals surface area contributed by atoms with Gasteiger partial charge >= 0.3 is 0 Å². The molecule has 0 amide bonds. The predicted molar refractivity (Wildman–Crippen MR) is 56.3 cm³/mol. The predicted octanol–water partition coefficient (Wildman–Crippen LogP) is 1.53. The third-order valence-corrected chi connectivity index (χ3v) is 2.98. The first kappa shape index (κ1) is 9.46. The molecular weight excluding hydrogens is 176 g/mol. The Bertz CT molecular complexity index is 358. The second-order valence-electron chi connectivity index (χ2n) is 3.74. The molecule has 0 saturated carbocycles. The minimum absolute atomic E-state index is 0.0675. The number of aromatic nitrogens is 1. The van der Waals surface area contributed by atoms with E-state index in [4.69, 9.17) is 0 Å². The van der Waals surface area contributed by atoms with Gasteiger partial charge in [0.2, 0.25) is 0 Å². The van der Waals surface area contributed by atoms with Crippen molar-refractivity contribution in [1.82, 2.24) is 9.88 Å². The smallest absolute Gasteiger partial charge is 0.252 e. The van der Waals surface area contributed by atoms with Crippen LogP contribution in [0.5, 0.6) is 0 Å². The molecule has 1 atom stereocenters. The Kier molecular flexibility index (Phi) is 2.68. The number of pyridine rings is 1. The summed E-state index contributed by atoms with van der Waals surface area (Å²) < 4.78 is 0. The molecule has 76 valence electrons. The van der Waals surface area contributed by atoms with Gasteiger partial charge in [-0.2, -0.15) is 0 Å². The lowest BCUT2D eigenvalue weighted by atomic mass is 10.1. The summed E-state index contributed by atoms with van der Waals surface area (Å²) in [5.41, 5.74) is 0.990. The lowest BCUT2D eigenvalue weighted by molar-refractivity contribution is 0.270. The fourth-order valence-electron chi connectivity index (χ4n) is 2.25. The molecule has 14 heavy (non-hydrogen) atoms. The van der Waals surface area contributed by atoms with Crippen LogP contribution in [0.3, 0.4) is 0 Å². The summed E-state index contributed by atoms with van der Waals surface area (Å²) in [5, 5.41) is 0. The molecule has 1 N–H and O–H groups in total. The van der Waals surface area contributed by atoms with Gasteiger partial charge in [-0.15, -0.1) is 0 Å². The summed E-state index contributed by atoms with van der Waals surface area (Å²) in [6, 6.07) is 4.19. The van der Waals surface area contributed by atoms with Crippen molar-refractivity contribution < 1.29 is 0 Å². The number of H-pyrrole nitrogens is 1. The molecule has 1 aliphatic rings. The van der Waals surface area contributed by atoms with Crippen molar-refractivity contribution in [3.8, 4) is 0 Å². The molecule has 3 heteroatoms. The van der Waals surface area contributed by atoms with Crippen molar-refractivity contribution in [3.05, 3.63) is 34.2 Å². The van der Waals surface area contributed by atoms with Gasteiger partial charge < -0.3 is 4.98 Å². The fraction of sp³-hybridized carbons (Fsp3) is 0.545. The van der Waals surface area contributed by atoms with Crippen molar-refractivity contribution in [1.29, 1.82) is 0 Å². The summed E-state index contributed by atoms with van der Waals surface area (Å²) in [6.07, 6.45) is 4.00. The van der Waals surface area contributed by atoms with E-state index in [0.717, 1.165) is 25.1 Å². The average Bonchev–Trinajstić information content (AvgIpc) is 2.66. The monoisotopic (exact) mass is 192 g/mol. The number of hydrogen-bond acceptors (Lipinski definition) is 2. The summed E-state index contributed by atoms with van der Waals surface area (Å²) >= 11 is 0. The SMILES string of the molecule is CCN1CCCC1c1ccc[nH]c1=O. The Hall–Kier alpha value is -1.09. The van der Waals surface area contributed by atoms with Gasteiger partial charge in [0.15, 0.2) is 0 Å². The molecule has 1 unspecified atom stereocenters. The Morgan fingerprint density at radius 1 is 1.64 bits per heavy atom. The number of hydrogen-bond donors (Lipinski definition) is 1. The van der Waals surface area contributed by atoms with Gasteiger partial charge in [-0.3, -0.25) is 9.69 Å². The zero-order valence-electron chi connectivity index (χ0n) is 8.49. The lowest BCUT2D eigenvalue weighted by Crippen LogP contribution is -2.27. The first-order valence-corrected chi connectivity index (χ1v) is 5.24. The summed E-state index contributed by atoms with van der Waals surface area (Å²) in [6.45, 7) is 4.30. The van der Waals surface area contributed by atoms with E-state index in [-0.39, 0.29) is 5.56 Å². The van der Waals surface area contributed by atoms with Gasteiger partial charge in [0.05, 0.1) is 0 Å². The van der Waals surface area contributed by atoms with E-state index in [1.54, 1.807) is 6.20 Å². The largest absolute Gasteiger partial charge is 0.329 e. The van der Waals surface area contributed by atoms with Crippen LogP contribution < -0.4 is 5.56 Å². The van der Waals surface area contributed by atoms with Crippen LogP contribution in [0.1, 0.15) is 31.4 Å². The van der Waals surface area contributed by atoms with Crippen molar-refractivity contribution in [2.75, 3.05) is 13.1 Å². The third-order valence-electron chi connectivity index (χ3n) is 2.98. The maximum atomic E-state index is 11.6. The zero-order valence-corrected chi connectivity index (χ0v) is 8.49. The van der Waals surface area contributed by atoms with Crippen molar-refractivity contribution in [2.24, 2.45) is 0 Å². The van der Waals surface area contributed by atoms with Crippen molar-refractivity contribution >= 4 is 0 Å². The number of likely N-dealkylation sites (tertiary alicyclic amines) is 1. The van der Waals surface area contributed by atoms with E-state index >= 15 is 0 Å². The molecular formula is C11H16N2O. The van der Waals surface area contributed by atoms with E-state index in [0.29, 0.717) is 6.04 Å². The summed E-state index contributed by atoms with van der Waals surface area (Å²) in [4.78, 5) is 16.7. The maximum absolute atomic E-state index is 11.6. The third kappa shape index (κ3) is 1.60. The molecule has 2 rings (SSSR count). The molecule has 0 spiro atoms. The Morgan fingerprint density at radius 2 is 2.50 bits per heavy atom. The highest BCUT2D eigenvalue weighted by Gasteiger charge is 2.25. The molecule has 1 fully saturated rings. The highest BCUT2D eigenvalue weighted by Crippen LogP contribution is 2.28. The van der Waals surface area contributed by atoms with Gasteiger partial charge in [-0.1, -0.05) is 13.0 Å². The highest BCUT2D eigenvalue weighted by atomic mass is 16.1. The molecule has 0 aliphatic carbocycles. The maximum Gasteiger partial charge on any atom is 0.252 e. The van der Waals surface area contributed by atoms with Gasteiger partial charge in [0, 0.05) is 17.8 Å². The standard InChI is InChI=1S/C11H16N2O/c1-2-13-8-4-6-10(13)9-5-3-7-12-11(9)14/h3,5,7,10H,2,4,6,8H2,1H3,(H,12,14). The second kappa shape index (κ2) is 3.96. The molecule has 1 saturated heterocycles. The van der Waals surface area contributed by atoms with E-state index in [1.807, 2.05) is 12.1 Å². The van der Waals surface area contributed by atoms with Crippen LogP contribution >= 0.6 is 0 Å². The van der Waals surface area contributed by atoms with Gasteiger partial charge in [-0.05, 0) is 32.0 Å². The van der Waals surface area contributed by atoms with Gasteiger partial charge in [0.25, 0.3) is 5.56 Å². The van der Waals surface area contributed by atoms with Crippen LogP contribution in [0.25, 0.3) is 0 Å². The van der Waals surface area contributed by atoms with Gasteiger partial charge in [-0.25, -0.2) is 0 Å². The molecule has 1 aromatic rings. The Labute approximate surface area is 83.8 Å². The fourth-order valence-corrected chi connectivity index (χ4v) is 2.25. The molecule has 3 nitrogen and oxygen atoms in total. The Balaban J connectivity index is 2.30. The van der Waals surface area contributed by atoms with Crippen LogP contribution in [-0.4, -0.2) is 23.0 Å². The van der Waals surface area contributed by atoms with Crippen molar-refractivity contribution in [3.63, 3.8) is 0 Å². The molecule has 2 heterocycles. The minimum atomic E-state index is 0.0675. The van der Waals surface area contributed by atoms with Gasteiger partial charge in [0.1, 0.15) is 0 Å². The summed E-state index contributed by atoms with van der Waals surface area (Å²) in [5.74, 6) is 0. The lowest BCUT2D eigenvalue weighted by Gasteiger charge is -2.21. The number of aromatic amines is 1. The first-order chi connectivity index (χ1) is 6.83. The van der Waals surface area contributed by atoms with E-state index < -0.39 is 0 Å². The zero-order chi connectivity index (χ0) is 9.97. The van der Waals surface area contributed by atoms with E-state index in [9.17, 15) is 4.79 Å². The molecule has 0 aromatic carbocycles. The Morgan fingerprint density at radius 3 is 3.21 bits per heavy atom. The number of rotatable bonds is 2. The highest BCUT2D eigenvalue weighted by molar-refractivity contribution is 5.15. The summed E-state index contributed by atoms with van der Waals surface area (Å²) in [7, 11) is 0. The molecule has 1 aromatic heterocycles. The second-order valence-corrected chi connectivity index (χ2v) is 3.74. The molecule has 0 bridgehead atoms. The van der Waals surface area contributed by atoms with Crippen LogP contribution in [0.15, 0.2) is 23.1 Å². The van der Waals surface area contributed by atoms with Crippen LogP contribution in [-0.2, 0) is 0 Å². The van der Waals surface area contributed by atoms with E-state index in [1.165, 1.54) is 6.42 Å². The van der Waals surface area contributed by atoms with Crippen LogP contribution in [0.2, 0.25) is 0 Å². The molecule has 1 aliphatic heterocycles. The van der Waals surface area contributed by atoms with E-state index in [2.05, 4.69) is 16.8 Å². The number of nitrogens with one attached hydrogen (secondary N) is 1. The first-order valence-electron chi connectivity index (χ1n) is 5.24. The van der Waals surface area contributed by atoms with Crippen LogP contribution in [0, 0.1) is 0 Å². The topological polar surface area (TPSA) is 36.1 Å². The number of nitrogens with zero attached hydrogens (tertiary/aromatic N) is 1. The quantitative estimate of drug-likeness (QED) is 0.771.